The van der Waals surface area contributed by atoms with Crippen molar-refractivity contribution in [3.05, 3.63) is 48.1 Å². The second kappa shape index (κ2) is 6.89. The Bertz CT molecular complexity index is 372. The zero-order valence-electron chi connectivity index (χ0n) is 10.5. The van der Waals surface area contributed by atoms with Crippen LogP contribution < -0.4 is 0 Å². The maximum absolute atomic E-state index is 10.6. The third-order valence-electron chi connectivity index (χ3n) is 2.66. The summed E-state index contributed by atoms with van der Waals surface area (Å²) in [5.41, 5.74) is 1.10. The van der Waals surface area contributed by atoms with Crippen molar-refractivity contribution in [2.45, 2.75) is 26.7 Å². The summed E-state index contributed by atoms with van der Waals surface area (Å²) >= 11 is 0. The number of carboxylic acids is 1. The molecule has 1 rings (SSSR count). The van der Waals surface area contributed by atoms with Gasteiger partial charge in [0.05, 0.1) is 0 Å². The number of hydrogen-bond acceptors (Lipinski definition) is 1. The smallest absolute Gasteiger partial charge is 0.303 e. The van der Waals surface area contributed by atoms with E-state index in [9.17, 15) is 4.79 Å². The fourth-order valence-corrected chi connectivity index (χ4v) is 1.69. The molecule has 0 spiro atoms. The molecule has 2 unspecified atom stereocenters. The molecule has 0 fully saturated rings. The van der Waals surface area contributed by atoms with E-state index in [0.29, 0.717) is 18.3 Å². The number of rotatable bonds is 3. The van der Waals surface area contributed by atoms with Crippen LogP contribution in [0.4, 0.5) is 0 Å². The molecule has 0 amide bonds. The molecule has 92 valence electrons. The summed E-state index contributed by atoms with van der Waals surface area (Å²) in [5, 5.41) is 8.71. The Balaban J connectivity index is 2.79. The second-order valence-electron chi connectivity index (χ2n) is 4.48. The number of carboxylic acid groups (broad SMARTS) is 1. The predicted octanol–water partition coefficient (Wildman–Crippen LogP) is 3.73. The Morgan fingerprint density at radius 1 is 1.18 bits per heavy atom. The maximum Gasteiger partial charge on any atom is 0.303 e. The Morgan fingerprint density at radius 3 is 2.47 bits per heavy atom. The molecule has 2 atom stereocenters. The lowest BCUT2D eigenvalue weighted by atomic mass is 9.99. The molecule has 0 bridgehead atoms. The van der Waals surface area contributed by atoms with Crippen molar-refractivity contribution >= 4 is 5.97 Å². The minimum absolute atomic E-state index is 0.191. The van der Waals surface area contributed by atoms with Crippen LogP contribution in [0.25, 0.3) is 0 Å². The van der Waals surface area contributed by atoms with Crippen LogP contribution in [0.3, 0.4) is 0 Å². The van der Waals surface area contributed by atoms with E-state index in [1.807, 2.05) is 12.2 Å². The minimum atomic E-state index is -0.743. The van der Waals surface area contributed by atoms with E-state index in [1.165, 1.54) is 0 Å². The molecular weight excluding hydrogens is 212 g/mol. The van der Waals surface area contributed by atoms with Crippen LogP contribution in [-0.2, 0) is 4.79 Å². The minimum Gasteiger partial charge on any atom is -0.481 e. The highest BCUT2D eigenvalue weighted by Crippen LogP contribution is 2.15. The fraction of sp³-hybridized carbons (Fsp3) is 0.400. The second-order valence-corrected chi connectivity index (χ2v) is 4.48. The summed E-state index contributed by atoms with van der Waals surface area (Å²) in [6.45, 7) is 4.21. The average molecular weight is 232 g/mol. The Kier molecular flexibility index (Phi) is 5.47. The number of aliphatic carboxylic acids is 1. The van der Waals surface area contributed by atoms with Gasteiger partial charge in [-0.1, -0.05) is 62.0 Å². The molecule has 2 heteroatoms. The van der Waals surface area contributed by atoms with Gasteiger partial charge in [0.2, 0.25) is 0 Å². The molecule has 0 heterocycles. The molecule has 0 aromatic heterocycles. The van der Waals surface area contributed by atoms with Gasteiger partial charge in [0.15, 0.2) is 0 Å². The quantitative estimate of drug-likeness (QED) is 0.805. The van der Waals surface area contributed by atoms with E-state index in [2.05, 4.69) is 44.2 Å². The molecule has 1 aliphatic carbocycles. The standard InChI is InChI=1S/C15H20O2/c1-12-5-3-4-6-13(2)11-14(8-7-12)9-10-15(16)17/h3-8,11-13H,9-10H2,1-2H3,(H,16,17)/b5-3-,6-4-,8-7?,14-11+. The van der Waals surface area contributed by atoms with Crippen molar-refractivity contribution in [2.75, 3.05) is 0 Å². The average Bonchev–Trinajstić information content (AvgIpc) is 2.27. The van der Waals surface area contributed by atoms with Gasteiger partial charge in [0.25, 0.3) is 0 Å². The third-order valence-corrected chi connectivity index (χ3v) is 2.66. The molecule has 0 aromatic rings. The lowest BCUT2D eigenvalue weighted by Gasteiger charge is -2.07. The molecule has 0 aromatic carbocycles. The Labute approximate surface area is 103 Å². The van der Waals surface area contributed by atoms with Gasteiger partial charge in [-0.15, -0.1) is 0 Å². The van der Waals surface area contributed by atoms with Gasteiger partial charge in [-0.25, -0.2) is 0 Å². The summed E-state index contributed by atoms with van der Waals surface area (Å²) in [6.07, 6.45) is 15.4. The summed E-state index contributed by atoms with van der Waals surface area (Å²) in [6, 6.07) is 0. The number of allylic oxidation sites excluding steroid dienone is 8. The van der Waals surface area contributed by atoms with Crippen LogP contribution in [-0.4, -0.2) is 11.1 Å². The van der Waals surface area contributed by atoms with Gasteiger partial charge in [-0.3, -0.25) is 4.79 Å². The zero-order valence-corrected chi connectivity index (χ0v) is 10.5. The lowest BCUT2D eigenvalue weighted by Crippen LogP contribution is -1.97. The zero-order chi connectivity index (χ0) is 12.7. The SMILES string of the molecule is CC1C=C/C(CCC(=O)O)=C\C(C)/C=C\C=C/1. The van der Waals surface area contributed by atoms with Crippen LogP contribution in [0.5, 0.6) is 0 Å². The summed E-state index contributed by atoms with van der Waals surface area (Å²) in [5.74, 6) is -0.0321. The van der Waals surface area contributed by atoms with Crippen molar-refractivity contribution in [1.29, 1.82) is 0 Å². The predicted molar refractivity (Wildman–Crippen MR) is 70.7 cm³/mol. The van der Waals surface area contributed by atoms with E-state index in [1.54, 1.807) is 0 Å². The van der Waals surface area contributed by atoms with Gasteiger partial charge in [-0.2, -0.15) is 0 Å². The molecule has 0 aliphatic heterocycles. The lowest BCUT2D eigenvalue weighted by molar-refractivity contribution is -0.136. The monoisotopic (exact) mass is 232 g/mol. The first-order chi connectivity index (χ1) is 8.08. The highest BCUT2D eigenvalue weighted by Gasteiger charge is 2.02. The first kappa shape index (κ1) is 13.5. The molecule has 2 nitrogen and oxygen atoms in total. The molecule has 0 saturated carbocycles. The summed E-state index contributed by atoms with van der Waals surface area (Å²) in [7, 11) is 0. The van der Waals surface area contributed by atoms with E-state index in [4.69, 9.17) is 5.11 Å². The number of hydrogen-bond donors (Lipinski definition) is 1. The topological polar surface area (TPSA) is 37.3 Å². The van der Waals surface area contributed by atoms with Crippen molar-refractivity contribution in [3.8, 4) is 0 Å². The van der Waals surface area contributed by atoms with Gasteiger partial charge < -0.3 is 5.11 Å². The van der Waals surface area contributed by atoms with Crippen molar-refractivity contribution < 1.29 is 9.90 Å². The molecular formula is C15H20O2. The Morgan fingerprint density at radius 2 is 1.82 bits per heavy atom. The van der Waals surface area contributed by atoms with Crippen LogP contribution in [0.2, 0.25) is 0 Å². The van der Waals surface area contributed by atoms with Crippen LogP contribution in [0.15, 0.2) is 48.1 Å². The third kappa shape index (κ3) is 5.91. The van der Waals surface area contributed by atoms with Gasteiger partial charge >= 0.3 is 5.97 Å². The van der Waals surface area contributed by atoms with Gasteiger partial charge in [0.1, 0.15) is 0 Å². The maximum atomic E-state index is 10.6. The van der Waals surface area contributed by atoms with E-state index in [-0.39, 0.29) is 6.42 Å². The normalized spacial score (nSPS) is 31.3. The van der Waals surface area contributed by atoms with E-state index >= 15 is 0 Å². The fourth-order valence-electron chi connectivity index (χ4n) is 1.69. The number of carbonyl (C=O) groups is 1. The molecule has 0 radical (unpaired) electrons. The highest BCUT2D eigenvalue weighted by atomic mass is 16.4. The largest absolute Gasteiger partial charge is 0.481 e. The molecule has 17 heavy (non-hydrogen) atoms. The van der Waals surface area contributed by atoms with E-state index in [0.717, 1.165) is 5.57 Å². The van der Waals surface area contributed by atoms with Crippen LogP contribution in [0.1, 0.15) is 26.7 Å². The Hall–Kier alpha value is -1.57. The molecule has 1 N–H and O–H groups in total. The van der Waals surface area contributed by atoms with E-state index < -0.39 is 5.97 Å². The summed E-state index contributed by atoms with van der Waals surface area (Å²) < 4.78 is 0. The van der Waals surface area contributed by atoms with Crippen LogP contribution >= 0.6 is 0 Å². The first-order valence-electron chi connectivity index (χ1n) is 6.03. The van der Waals surface area contributed by atoms with Gasteiger partial charge in [0, 0.05) is 6.42 Å². The van der Waals surface area contributed by atoms with Crippen molar-refractivity contribution in [2.24, 2.45) is 11.8 Å². The first-order valence-corrected chi connectivity index (χ1v) is 6.03. The van der Waals surface area contributed by atoms with Crippen LogP contribution in [0, 0.1) is 11.8 Å². The summed E-state index contributed by atoms with van der Waals surface area (Å²) in [4.78, 5) is 10.6. The molecule has 1 aliphatic rings. The highest BCUT2D eigenvalue weighted by molar-refractivity contribution is 5.67. The van der Waals surface area contributed by atoms with Gasteiger partial charge in [-0.05, 0) is 18.3 Å². The van der Waals surface area contributed by atoms with Crippen molar-refractivity contribution in [1.82, 2.24) is 0 Å². The van der Waals surface area contributed by atoms with Crippen molar-refractivity contribution in [3.63, 3.8) is 0 Å². The molecule has 0 saturated heterocycles.